The van der Waals surface area contributed by atoms with Gasteiger partial charge < -0.3 is 10.3 Å². The second kappa shape index (κ2) is 6.75. The summed E-state index contributed by atoms with van der Waals surface area (Å²) in [7, 11) is 2.16. The summed E-state index contributed by atoms with van der Waals surface area (Å²) in [5.41, 5.74) is 1.07. The first-order valence-corrected chi connectivity index (χ1v) is 9.28. The summed E-state index contributed by atoms with van der Waals surface area (Å²) >= 11 is 1.62. The minimum absolute atomic E-state index is 0. The largest absolute Gasteiger partial charge is 0.311 e. The maximum absolute atomic E-state index is 12.4. The number of thiophene rings is 1. The third-order valence-corrected chi connectivity index (χ3v) is 6.66. The lowest BCUT2D eigenvalue weighted by Crippen LogP contribution is -2.46. The minimum atomic E-state index is 0. The molecule has 0 saturated carbocycles. The molecule has 0 aromatic carbocycles. The monoisotopic (exact) mass is 368 g/mol. The molecule has 2 fully saturated rings. The van der Waals surface area contributed by atoms with Crippen LogP contribution in [0.5, 0.6) is 0 Å². The zero-order valence-corrected chi connectivity index (χ0v) is 16.0. The number of H-pyrrole nitrogens is 1. The second-order valence-corrected chi connectivity index (χ2v) is 8.36. The van der Waals surface area contributed by atoms with Gasteiger partial charge in [-0.05, 0) is 52.1 Å². The van der Waals surface area contributed by atoms with Gasteiger partial charge in [-0.3, -0.25) is 9.69 Å². The number of aromatic amines is 1. The fourth-order valence-electron chi connectivity index (χ4n) is 4.13. The smallest absolute Gasteiger partial charge is 0.259 e. The zero-order chi connectivity index (χ0) is 16.1. The summed E-state index contributed by atoms with van der Waals surface area (Å²) in [5.74, 6) is 0.789. The standard InChI is InChI=1S/C17H24N4OS.ClH/c1-9-10(2)23-17-15(9)16(22)19-14(20-17)8-21(3)13-6-11-4-5-12(7-13)18-11;/h11-13,18H,4-8H2,1-3H3,(H,19,20,22);1H. The normalized spacial score (nSPS) is 26.1. The van der Waals surface area contributed by atoms with Crippen molar-refractivity contribution in [2.24, 2.45) is 0 Å². The zero-order valence-electron chi connectivity index (χ0n) is 14.4. The van der Waals surface area contributed by atoms with Crippen LogP contribution in [-0.2, 0) is 6.54 Å². The number of hydrogen-bond acceptors (Lipinski definition) is 5. The van der Waals surface area contributed by atoms with Crippen LogP contribution in [0.1, 0.15) is 41.9 Å². The van der Waals surface area contributed by atoms with E-state index in [2.05, 4.69) is 29.2 Å². The number of aryl methyl sites for hydroxylation is 2. The van der Waals surface area contributed by atoms with E-state index in [1.54, 1.807) is 11.3 Å². The fourth-order valence-corrected chi connectivity index (χ4v) is 5.18. The highest BCUT2D eigenvalue weighted by Gasteiger charge is 2.35. The van der Waals surface area contributed by atoms with Gasteiger partial charge in [-0.1, -0.05) is 0 Å². The molecule has 4 heterocycles. The number of halogens is 1. The Bertz CT molecular complexity index is 790. The molecule has 0 aliphatic carbocycles. The van der Waals surface area contributed by atoms with Crippen molar-refractivity contribution in [2.75, 3.05) is 7.05 Å². The Hall–Kier alpha value is -0.950. The van der Waals surface area contributed by atoms with Crippen LogP contribution in [0.15, 0.2) is 4.79 Å². The summed E-state index contributed by atoms with van der Waals surface area (Å²) in [6.07, 6.45) is 5.03. The van der Waals surface area contributed by atoms with Gasteiger partial charge in [0.15, 0.2) is 0 Å². The van der Waals surface area contributed by atoms with Crippen LogP contribution in [0, 0.1) is 13.8 Å². The summed E-state index contributed by atoms with van der Waals surface area (Å²) in [6, 6.07) is 1.94. The molecule has 5 nitrogen and oxygen atoms in total. The van der Waals surface area contributed by atoms with Crippen molar-refractivity contribution < 1.29 is 0 Å². The Kier molecular flexibility index (Phi) is 5.02. The van der Waals surface area contributed by atoms with E-state index in [4.69, 9.17) is 4.98 Å². The molecule has 2 N–H and O–H groups in total. The Morgan fingerprint density at radius 1 is 1.25 bits per heavy atom. The van der Waals surface area contributed by atoms with Gasteiger partial charge in [0.05, 0.1) is 11.9 Å². The molecule has 2 aliphatic rings. The van der Waals surface area contributed by atoms with Crippen LogP contribution in [0.3, 0.4) is 0 Å². The fraction of sp³-hybridized carbons (Fsp3) is 0.647. The number of fused-ring (bicyclic) bond motifs is 3. The first kappa shape index (κ1) is 17.9. The number of aromatic nitrogens is 2. The maximum Gasteiger partial charge on any atom is 0.259 e. The van der Waals surface area contributed by atoms with Crippen LogP contribution < -0.4 is 10.9 Å². The van der Waals surface area contributed by atoms with Crippen molar-refractivity contribution in [3.05, 3.63) is 26.6 Å². The van der Waals surface area contributed by atoms with Gasteiger partial charge >= 0.3 is 0 Å². The molecule has 7 heteroatoms. The van der Waals surface area contributed by atoms with Gasteiger partial charge in [-0.25, -0.2) is 4.98 Å². The molecule has 0 radical (unpaired) electrons. The van der Waals surface area contributed by atoms with E-state index in [1.165, 1.54) is 30.6 Å². The molecule has 2 saturated heterocycles. The number of rotatable bonds is 3. The Morgan fingerprint density at radius 2 is 1.92 bits per heavy atom. The average molecular weight is 369 g/mol. The molecule has 2 aliphatic heterocycles. The molecule has 0 amide bonds. The van der Waals surface area contributed by atoms with E-state index >= 15 is 0 Å². The van der Waals surface area contributed by atoms with Gasteiger partial charge in [0.1, 0.15) is 10.7 Å². The molecule has 2 unspecified atom stereocenters. The van der Waals surface area contributed by atoms with Gasteiger partial charge in [-0.2, -0.15) is 0 Å². The highest BCUT2D eigenvalue weighted by molar-refractivity contribution is 7.18. The van der Waals surface area contributed by atoms with Crippen molar-refractivity contribution in [3.63, 3.8) is 0 Å². The first-order chi connectivity index (χ1) is 11.0. The third kappa shape index (κ3) is 3.12. The van der Waals surface area contributed by atoms with E-state index in [0.717, 1.165) is 21.6 Å². The summed E-state index contributed by atoms with van der Waals surface area (Å²) in [6.45, 7) is 4.77. The summed E-state index contributed by atoms with van der Waals surface area (Å²) < 4.78 is 0. The molecule has 0 spiro atoms. The van der Waals surface area contributed by atoms with Gasteiger partial charge in [-0.15, -0.1) is 23.7 Å². The van der Waals surface area contributed by atoms with Crippen LogP contribution in [0.25, 0.3) is 10.2 Å². The van der Waals surface area contributed by atoms with E-state index in [0.29, 0.717) is 24.7 Å². The lowest BCUT2D eigenvalue weighted by Gasteiger charge is -2.35. The topological polar surface area (TPSA) is 61.0 Å². The lowest BCUT2D eigenvalue weighted by molar-refractivity contribution is 0.163. The highest BCUT2D eigenvalue weighted by Crippen LogP contribution is 2.30. The van der Waals surface area contributed by atoms with Crippen molar-refractivity contribution in [2.45, 2.75) is 64.2 Å². The Labute approximate surface area is 152 Å². The van der Waals surface area contributed by atoms with E-state index in [1.807, 2.05) is 6.92 Å². The maximum atomic E-state index is 12.4. The Morgan fingerprint density at radius 3 is 2.58 bits per heavy atom. The molecular formula is C17H25ClN4OS. The molecule has 2 atom stereocenters. The van der Waals surface area contributed by atoms with Crippen LogP contribution in [0.2, 0.25) is 0 Å². The van der Waals surface area contributed by atoms with Crippen LogP contribution in [0.4, 0.5) is 0 Å². The summed E-state index contributed by atoms with van der Waals surface area (Å²) in [5, 5.41) is 4.45. The lowest BCUT2D eigenvalue weighted by atomic mass is 9.98. The molecule has 24 heavy (non-hydrogen) atoms. The highest BCUT2D eigenvalue weighted by atomic mass is 35.5. The van der Waals surface area contributed by atoms with E-state index in [-0.39, 0.29) is 18.0 Å². The molecule has 132 valence electrons. The number of nitrogens with zero attached hydrogens (tertiary/aromatic N) is 2. The predicted octanol–water partition coefficient (Wildman–Crippen LogP) is 2.74. The van der Waals surface area contributed by atoms with Crippen molar-refractivity contribution in [1.29, 1.82) is 0 Å². The number of piperidine rings is 1. The quantitative estimate of drug-likeness (QED) is 0.874. The van der Waals surface area contributed by atoms with Crippen LogP contribution in [-0.4, -0.2) is 40.0 Å². The number of hydrogen-bond donors (Lipinski definition) is 2. The van der Waals surface area contributed by atoms with E-state index < -0.39 is 0 Å². The third-order valence-electron chi connectivity index (χ3n) is 5.56. The molecule has 4 rings (SSSR count). The molecule has 2 aromatic heterocycles. The van der Waals surface area contributed by atoms with Crippen molar-refractivity contribution in [3.8, 4) is 0 Å². The average Bonchev–Trinajstić information content (AvgIpc) is 2.98. The molecular weight excluding hydrogens is 344 g/mol. The van der Waals surface area contributed by atoms with E-state index in [9.17, 15) is 4.79 Å². The van der Waals surface area contributed by atoms with Crippen molar-refractivity contribution in [1.82, 2.24) is 20.2 Å². The van der Waals surface area contributed by atoms with Gasteiger partial charge in [0, 0.05) is 23.0 Å². The summed E-state index contributed by atoms with van der Waals surface area (Å²) in [4.78, 5) is 24.5. The Balaban J connectivity index is 0.00000169. The van der Waals surface area contributed by atoms with Gasteiger partial charge in [0.2, 0.25) is 0 Å². The SMILES string of the molecule is Cc1sc2nc(CN(C)C3CC4CCC(C3)N4)[nH]c(=O)c2c1C.Cl. The minimum Gasteiger partial charge on any atom is -0.311 e. The number of nitrogens with one attached hydrogen (secondary N) is 2. The predicted molar refractivity (Wildman–Crippen MR) is 101 cm³/mol. The van der Waals surface area contributed by atoms with Crippen LogP contribution >= 0.6 is 23.7 Å². The molecule has 2 bridgehead atoms. The second-order valence-electron chi connectivity index (χ2n) is 7.15. The van der Waals surface area contributed by atoms with Crippen molar-refractivity contribution >= 4 is 34.0 Å². The van der Waals surface area contributed by atoms with Gasteiger partial charge in [0.25, 0.3) is 5.56 Å². The molecule has 2 aromatic rings. The first-order valence-electron chi connectivity index (χ1n) is 8.46.